The van der Waals surface area contributed by atoms with E-state index in [9.17, 15) is 4.79 Å². The lowest BCUT2D eigenvalue weighted by molar-refractivity contribution is -0.126. The molecule has 0 saturated carbocycles. The Labute approximate surface area is 189 Å². The highest BCUT2D eigenvalue weighted by Gasteiger charge is 2.28. The summed E-state index contributed by atoms with van der Waals surface area (Å²) in [5, 5.41) is 0. The van der Waals surface area contributed by atoms with Crippen LogP contribution < -0.4 is 0 Å². The Hall–Kier alpha value is -0.0562. The molecule has 0 bridgehead atoms. The van der Waals surface area contributed by atoms with E-state index in [-0.39, 0.29) is 11.8 Å². The molecule has 0 aromatic heterocycles. The summed E-state index contributed by atoms with van der Waals surface area (Å²) in [4.78, 5) is 12.6. The molecule has 2 atom stereocenters. The molecule has 0 spiro atoms. The third-order valence-electron chi connectivity index (χ3n) is 6.73. The van der Waals surface area contributed by atoms with Gasteiger partial charge in [-0.15, -0.1) is 0 Å². The van der Waals surface area contributed by atoms with Crippen LogP contribution >= 0.6 is 0 Å². The number of carbonyl (C=O) groups excluding carboxylic acids is 1. The van der Waals surface area contributed by atoms with Crippen LogP contribution in [0.25, 0.3) is 0 Å². The molecule has 0 aliphatic rings. The largest absolute Gasteiger partial charge is 0.398 e. The summed E-state index contributed by atoms with van der Waals surface area (Å²) in [6.07, 6.45) is 11.4. The first-order valence-corrected chi connectivity index (χ1v) is 17.0. The SMILES string of the molecule is CO[Si](C)(CCCCCCC(C)C(=O)C(C)CCCCCC[Si](C)(OC)OC)OC. The Bertz CT molecular complexity index is 401. The van der Waals surface area contributed by atoms with Crippen molar-refractivity contribution in [2.45, 2.75) is 103 Å². The lowest BCUT2D eigenvalue weighted by Gasteiger charge is -2.22. The van der Waals surface area contributed by atoms with Gasteiger partial charge >= 0.3 is 17.1 Å². The van der Waals surface area contributed by atoms with Gasteiger partial charge in [0, 0.05) is 40.3 Å². The fourth-order valence-corrected chi connectivity index (χ4v) is 6.78. The number of carbonyl (C=O) groups is 1. The summed E-state index contributed by atoms with van der Waals surface area (Å²) in [6.45, 7) is 8.46. The normalized spacial score (nSPS) is 14.7. The van der Waals surface area contributed by atoms with E-state index in [4.69, 9.17) is 17.7 Å². The molecule has 5 nitrogen and oxygen atoms in total. The molecule has 30 heavy (non-hydrogen) atoms. The predicted octanol–water partition coefficient (Wildman–Crippen LogP) is 6.46. The van der Waals surface area contributed by atoms with E-state index in [0.29, 0.717) is 5.78 Å². The zero-order valence-electron chi connectivity index (χ0n) is 21.2. The van der Waals surface area contributed by atoms with Gasteiger partial charge in [-0.3, -0.25) is 4.79 Å². The molecule has 0 aliphatic carbocycles. The highest BCUT2D eigenvalue weighted by molar-refractivity contribution is 6.66. The van der Waals surface area contributed by atoms with Crippen LogP contribution in [-0.4, -0.2) is 51.3 Å². The molecule has 0 rings (SSSR count). The van der Waals surface area contributed by atoms with Gasteiger partial charge in [0.15, 0.2) is 0 Å². The van der Waals surface area contributed by atoms with Crippen molar-refractivity contribution in [2.24, 2.45) is 11.8 Å². The highest BCUT2D eigenvalue weighted by Crippen LogP contribution is 2.22. The van der Waals surface area contributed by atoms with E-state index in [0.717, 1.165) is 50.6 Å². The van der Waals surface area contributed by atoms with Gasteiger partial charge in [-0.1, -0.05) is 65.2 Å². The van der Waals surface area contributed by atoms with E-state index in [2.05, 4.69) is 26.9 Å². The second-order valence-electron chi connectivity index (χ2n) is 9.19. The molecule has 0 saturated heterocycles. The van der Waals surface area contributed by atoms with Crippen molar-refractivity contribution >= 4 is 22.9 Å². The smallest absolute Gasteiger partial charge is 0.334 e. The number of rotatable bonds is 20. The van der Waals surface area contributed by atoms with Crippen LogP contribution in [0.3, 0.4) is 0 Å². The third-order valence-corrected chi connectivity index (χ3v) is 12.7. The molecule has 0 fully saturated rings. The molecule has 2 unspecified atom stereocenters. The van der Waals surface area contributed by atoms with Crippen LogP contribution in [0, 0.1) is 11.8 Å². The van der Waals surface area contributed by atoms with E-state index in [1.54, 1.807) is 28.4 Å². The van der Waals surface area contributed by atoms with Crippen molar-refractivity contribution in [3.8, 4) is 0 Å². The quantitative estimate of drug-likeness (QED) is 0.153. The van der Waals surface area contributed by atoms with Crippen molar-refractivity contribution < 1.29 is 22.5 Å². The van der Waals surface area contributed by atoms with Gasteiger partial charge < -0.3 is 17.7 Å². The van der Waals surface area contributed by atoms with Gasteiger partial charge in [0.2, 0.25) is 0 Å². The van der Waals surface area contributed by atoms with Crippen LogP contribution in [0.5, 0.6) is 0 Å². The maximum atomic E-state index is 12.6. The van der Waals surface area contributed by atoms with Gasteiger partial charge in [-0.25, -0.2) is 0 Å². The number of hydrogen-bond acceptors (Lipinski definition) is 5. The zero-order valence-corrected chi connectivity index (χ0v) is 23.2. The van der Waals surface area contributed by atoms with Crippen LogP contribution in [0.15, 0.2) is 0 Å². The lowest BCUT2D eigenvalue weighted by Crippen LogP contribution is -2.35. The fourth-order valence-electron chi connectivity index (χ4n) is 3.85. The van der Waals surface area contributed by atoms with Crippen molar-refractivity contribution in [2.75, 3.05) is 28.4 Å². The molecule has 0 heterocycles. The van der Waals surface area contributed by atoms with Gasteiger partial charge in [0.05, 0.1) is 0 Å². The minimum Gasteiger partial charge on any atom is -0.398 e. The molecule has 0 aromatic rings. The van der Waals surface area contributed by atoms with Crippen molar-refractivity contribution in [1.82, 2.24) is 0 Å². The Balaban J connectivity index is 3.84. The average Bonchev–Trinajstić information content (AvgIpc) is 2.76. The topological polar surface area (TPSA) is 54.0 Å². The van der Waals surface area contributed by atoms with Crippen molar-refractivity contribution in [3.63, 3.8) is 0 Å². The van der Waals surface area contributed by atoms with E-state index >= 15 is 0 Å². The zero-order chi connectivity index (χ0) is 23.0. The van der Waals surface area contributed by atoms with E-state index in [1.165, 1.54) is 25.7 Å². The second-order valence-corrected chi connectivity index (χ2v) is 16.4. The molecule has 0 amide bonds. The molecule has 0 N–H and O–H groups in total. The summed E-state index contributed by atoms with van der Waals surface area (Å²) in [5.74, 6) is 0.827. The van der Waals surface area contributed by atoms with Gasteiger partial charge in [-0.05, 0) is 38.0 Å². The van der Waals surface area contributed by atoms with Gasteiger partial charge in [0.1, 0.15) is 5.78 Å². The second kappa shape index (κ2) is 16.6. The summed E-state index contributed by atoms with van der Waals surface area (Å²) in [7, 11) is 3.19. The lowest BCUT2D eigenvalue weighted by atomic mass is 9.88. The first kappa shape index (κ1) is 29.9. The number of Topliss-reactive ketones (excluding diaryl/α,β-unsaturated/α-hetero) is 1. The van der Waals surface area contributed by atoms with Crippen LogP contribution in [0.1, 0.15) is 78.1 Å². The van der Waals surface area contributed by atoms with Crippen molar-refractivity contribution in [3.05, 3.63) is 0 Å². The molecule has 0 aliphatic heterocycles. The average molecular weight is 463 g/mol. The Morgan fingerprint density at radius 2 is 0.900 bits per heavy atom. The van der Waals surface area contributed by atoms with Gasteiger partial charge in [0.25, 0.3) is 0 Å². The van der Waals surface area contributed by atoms with Crippen molar-refractivity contribution in [1.29, 1.82) is 0 Å². The first-order valence-electron chi connectivity index (χ1n) is 11.9. The van der Waals surface area contributed by atoms with Crippen LogP contribution in [-0.2, 0) is 22.5 Å². The summed E-state index contributed by atoms with van der Waals surface area (Å²) < 4.78 is 22.1. The van der Waals surface area contributed by atoms with E-state index in [1.807, 2.05) is 0 Å². The summed E-state index contributed by atoms with van der Waals surface area (Å²) >= 11 is 0. The maximum Gasteiger partial charge on any atom is 0.334 e. The minimum absolute atomic E-state index is 0.188. The fraction of sp³-hybridized carbons (Fsp3) is 0.957. The monoisotopic (exact) mass is 462 g/mol. The maximum absolute atomic E-state index is 12.6. The highest BCUT2D eigenvalue weighted by atomic mass is 28.4. The van der Waals surface area contributed by atoms with Crippen LogP contribution in [0.2, 0.25) is 25.2 Å². The van der Waals surface area contributed by atoms with Gasteiger partial charge in [-0.2, -0.15) is 0 Å². The minimum atomic E-state index is -1.91. The molecule has 180 valence electrons. The number of hydrogen-bond donors (Lipinski definition) is 0. The predicted molar refractivity (Wildman–Crippen MR) is 130 cm³/mol. The number of unbranched alkanes of at least 4 members (excludes halogenated alkanes) is 6. The standard InChI is InChI=1S/C23H50O5Si2/c1-21(17-13-9-11-15-19-29(7,25-3)26-4)23(24)22(2)18-14-10-12-16-20-30(8,27-5)28-6/h21-22H,9-20H2,1-8H3. The third kappa shape index (κ3) is 12.7. The van der Waals surface area contributed by atoms with Crippen LogP contribution in [0.4, 0.5) is 0 Å². The Kier molecular flexibility index (Phi) is 16.5. The molecular weight excluding hydrogens is 412 g/mol. The van der Waals surface area contributed by atoms with E-state index < -0.39 is 17.1 Å². The summed E-state index contributed by atoms with van der Waals surface area (Å²) in [6, 6.07) is 2.09. The number of ketones is 1. The molecule has 0 radical (unpaired) electrons. The summed E-state index contributed by atoms with van der Waals surface area (Å²) in [5.41, 5.74) is 0. The molecule has 0 aromatic carbocycles. The molecule has 7 heteroatoms. The first-order chi connectivity index (χ1) is 14.2. The Morgan fingerprint density at radius 1 is 0.600 bits per heavy atom. The Morgan fingerprint density at radius 3 is 1.20 bits per heavy atom. The molecular formula is C23H50O5Si2.